The van der Waals surface area contributed by atoms with Crippen LogP contribution < -0.4 is 5.43 Å². The molecule has 3 aromatic rings. The fourth-order valence-electron chi connectivity index (χ4n) is 2.30. The van der Waals surface area contributed by atoms with Crippen molar-refractivity contribution in [2.75, 3.05) is 0 Å². The van der Waals surface area contributed by atoms with Crippen molar-refractivity contribution < 1.29 is 0 Å². The summed E-state index contributed by atoms with van der Waals surface area (Å²) in [5.41, 5.74) is 2.25. The molecule has 1 aromatic heterocycles. The maximum absolute atomic E-state index is 12.3. The molecule has 0 spiro atoms. The molecule has 0 bridgehead atoms. The Bertz CT molecular complexity index is 869. The highest BCUT2D eigenvalue weighted by molar-refractivity contribution is 5.93. The van der Waals surface area contributed by atoms with Gasteiger partial charge in [0.1, 0.15) is 0 Å². The summed E-state index contributed by atoms with van der Waals surface area (Å²) < 4.78 is 1.95. The summed E-state index contributed by atoms with van der Waals surface area (Å²) >= 11 is 0. The van der Waals surface area contributed by atoms with Crippen molar-refractivity contribution in [3.8, 4) is 6.07 Å². The molecule has 1 heterocycles. The Morgan fingerprint density at radius 2 is 1.78 bits per heavy atom. The molecule has 0 radical (unpaired) electrons. The minimum absolute atomic E-state index is 0.0168. The average Bonchev–Trinajstić information content (AvgIpc) is 2.44. The lowest BCUT2D eigenvalue weighted by Crippen LogP contribution is -2.09. The van der Waals surface area contributed by atoms with E-state index >= 15 is 0 Å². The molecule has 0 N–H and O–H groups in total. The summed E-state index contributed by atoms with van der Waals surface area (Å²) in [6.45, 7) is 0. The normalized spacial score (nSPS) is 10.7. The van der Waals surface area contributed by atoms with Crippen molar-refractivity contribution in [3.63, 3.8) is 0 Å². The molecule has 18 heavy (non-hydrogen) atoms. The molecule has 0 saturated carbocycles. The fraction of sp³-hybridized carbons (Fsp3) is 0.0667. The van der Waals surface area contributed by atoms with Crippen LogP contribution in [-0.2, 0) is 7.05 Å². The summed E-state index contributed by atoms with van der Waals surface area (Å²) in [5, 5.41) is 10.3. The van der Waals surface area contributed by atoms with Gasteiger partial charge in [0, 0.05) is 17.8 Å². The Hall–Kier alpha value is -2.60. The topological polar surface area (TPSA) is 45.8 Å². The number of hydrogen-bond acceptors (Lipinski definition) is 2. The van der Waals surface area contributed by atoms with E-state index in [9.17, 15) is 4.79 Å². The van der Waals surface area contributed by atoms with Crippen LogP contribution in [0.2, 0.25) is 0 Å². The maximum Gasteiger partial charge on any atom is 0.197 e. The summed E-state index contributed by atoms with van der Waals surface area (Å²) in [7, 11) is 1.91. The van der Waals surface area contributed by atoms with E-state index in [-0.39, 0.29) is 5.43 Å². The maximum atomic E-state index is 12.3. The van der Waals surface area contributed by atoms with Gasteiger partial charge in [-0.3, -0.25) is 4.79 Å². The predicted molar refractivity (Wildman–Crippen MR) is 71.4 cm³/mol. The van der Waals surface area contributed by atoms with Gasteiger partial charge >= 0.3 is 0 Å². The smallest absolute Gasteiger partial charge is 0.197 e. The number of para-hydroxylation sites is 1. The first kappa shape index (κ1) is 10.5. The van der Waals surface area contributed by atoms with E-state index in [1.807, 2.05) is 35.9 Å². The van der Waals surface area contributed by atoms with Crippen LogP contribution in [0.15, 0.2) is 47.3 Å². The zero-order valence-electron chi connectivity index (χ0n) is 9.84. The molecule has 0 atom stereocenters. The molecule has 3 nitrogen and oxygen atoms in total. The zero-order chi connectivity index (χ0) is 12.7. The number of nitrogens with zero attached hydrogens (tertiary/aromatic N) is 2. The molecule has 0 aliphatic rings. The number of hydrogen-bond donors (Lipinski definition) is 0. The van der Waals surface area contributed by atoms with Crippen LogP contribution in [0.1, 0.15) is 5.56 Å². The van der Waals surface area contributed by atoms with Crippen LogP contribution in [0, 0.1) is 11.3 Å². The molecule has 2 aromatic carbocycles. The van der Waals surface area contributed by atoms with Crippen molar-refractivity contribution in [1.82, 2.24) is 4.57 Å². The van der Waals surface area contributed by atoms with E-state index in [2.05, 4.69) is 6.07 Å². The van der Waals surface area contributed by atoms with Crippen molar-refractivity contribution >= 4 is 21.8 Å². The third-order valence-corrected chi connectivity index (χ3v) is 3.24. The van der Waals surface area contributed by atoms with E-state index in [0.29, 0.717) is 16.3 Å². The van der Waals surface area contributed by atoms with Gasteiger partial charge in [0.25, 0.3) is 0 Å². The number of aromatic nitrogens is 1. The van der Waals surface area contributed by atoms with E-state index in [1.54, 1.807) is 18.2 Å². The van der Waals surface area contributed by atoms with Crippen LogP contribution in [0.25, 0.3) is 21.8 Å². The zero-order valence-corrected chi connectivity index (χ0v) is 9.84. The highest BCUT2D eigenvalue weighted by atomic mass is 16.1. The first-order valence-electron chi connectivity index (χ1n) is 5.64. The Labute approximate surface area is 104 Å². The quantitative estimate of drug-likeness (QED) is 0.561. The largest absolute Gasteiger partial charge is 0.343 e. The van der Waals surface area contributed by atoms with Gasteiger partial charge in [-0.1, -0.05) is 12.1 Å². The minimum atomic E-state index is 0.0168. The summed E-state index contributed by atoms with van der Waals surface area (Å²) in [6, 6.07) is 14.8. The van der Waals surface area contributed by atoms with Crippen LogP contribution >= 0.6 is 0 Å². The Morgan fingerprint density at radius 1 is 1.06 bits per heavy atom. The van der Waals surface area contributed by atoms with Crippen molar-refractivity contribution in [1.29, 1.82) is 5.26 Å². The van der Waals surface area contributed by atoms with Crippen molar-refractivity contribution in [3.05, 3.63) is 58.3 Å². The summed E-state index contributed by atoms with van der Waals surface area (Å²) in [6.07, 6.45) is 0. The Balaban J connectivity index is 2.64. The Kier molecular flexibility index (Phi) is 2.17. The summed E-state index contributed by atoms with van der Waals surface area (Å²) in [5.74, 6) is 0. The molecule has 0 aliphatic heterocycles. The van der Waals surface area contributed by atoms with Gasteiger partial charge in [-0.15, -0.1) is 0 Å². The van der Waals surface area contributed by atoms with Crippen LogP contribution in [0.4, 0.5) is 0 Å². The molecule has 0 amide bonds. The van der Waals surface area contributed by atoms with Crippen LogP contribution in [0.5, 0.6) is 0 Å². The molecule has 0 aliphatic carbocycles. The Morgan fingerprint density at radius 3 is 2.56 bits per heavy atom. The first-order valence-corrected chi connectivity index (χ1v) is 5.64. The van der Waals surface area contributed by atoms with Gasteiger partial charge in [-0.2, -0.15) is 5.26 Å². The number of pyridine rings is 1. The summed E-state index contributed by atoms with van der Waals surface area (Å²) in [4.78, 5) is 12.3. The van der Waals surface area contributed by atoms with Gasteiger partial charge < -0.3 is 4.57 Å². The second-order valence-corrected chi connectivity index (χ2v) is 4.25. The molecule has 0 fully saturated rings. The molecular weight excluding hydrogens is 224 g/mol. The van der Waals surface area contributed by atoms with E-state index < -0.39 is 0 Å². The monoisotopic (exact) mass is 234 g/mol. The molecular formula is C15H10N2O. The SMILES string of the molecule is Cn1c2ccccc2c(=O)c2ccc(C#N)cc21. The average molecular weight is 234 g/mol. The second kappa shape index (κ2) is 3.71. The van der Waals surface area contributed by atoms with Crippen LogP contribution in [-0.4, -0.2) is 4.57 Å². The molecule has 86 valence electrons. The number of fused-ring (bicyclic) bond motifs is 2. The van der Waals surface area contributed by atoms with Gasteiger partial charge in [-0.05, 0) is 30.3 Å². The number of benzene rings is 2. The standard InChI is InChI=1S/C15H10N2O/c1-17-13-5-3-2-4-11(13)15(18)12-7-6-10(9-16)8-14(12)17/h2-8H,1H3. The lowest BCUT2D eigenvalue weighted by atomic mass is 10.1. The van der Waals surface area contributed by atoms with Gasteiger partial charge in [0.2, 0.25) is 0 Å². The first-order chi connectivity index (χ1) is 8.72. The minimum Gasteiger partial charge on any atom is -0.343 e. The lowest BCUT2D eigenvalue weighted by Gasteiger charge is -2.10. The molecule has 0 saturated heterocycles. The van der Waals surface area contributed by atoms with Gasteiger partial charge in [0.05, 0.1) is 22.7 Å². The number of aryl methyl sites for hydroxylation is 1. The van der Waals surface area contributed by atoms with E-state index in [1.165, 1.54) is 0 Å². The third kappa shape index (κ3) is 1.33. The van der Waals surface area contributed by atoms with Gasteiger partial charge in [-0.25, -0.2) is 0 Å². The van der Waals surface area contributed by atoms with Gasteiger partial charge in [0.15, 0.2) is 5.43 Å². The molecule has 0 unspecified atom stereocenters. The van der Waals surface area contributed by atoms with E-state index in [0.717, 1.165) is 11.0 Å². The molecule has 3 heteroatoms. The lowest BCUT2D eigenvalue weighted by molar-refractivity contribution is 1.00. The highest BCUT2D eigenvalue weighted by Gasteiger charge is 2.08. The number of rotatable bonds is 0. The van der Waals surface area contributed by atoms with Crippen LogP contribution in [0.3, 0.4) is 0 Å². The second-order valence-electron chi connectivity index (χ2n) is 4.25. The van der Waals surface area contributed by atoms with Crippen molar-refractivity contribution in [2.45, 2.75) is 0 Å². The van der Waals surface area contributed by atoms with Crippen molar-refractivity contribution in [2.24, 2.45) is 7.05 Å². The third-order valence-electron chi connectivity index (χ3n) is 3.24. The number of nitriles is 1. The fourth-order valence-corrected chi connectivity index (χ4v) is 2.30. The van der Waals surface area contributed by atoms with E-state index in [4.69, 9.17) is 5.26 Å². The predicted octanol–water partition coefficient (Wildman–Crippen LogP) is 2.56. The highest BCUT2D eigenvalue weighted by Crippen LogP contribution is 2.18. The molecule has 3 rings (SSSR count).